The first-order valence-corrected chi connectivity index (χ1v) is 7.13. The number of hydrogen-bond acceptors (Lipinski definition) is 1. The summed E-state index contributed by atoms with van der Waals surface area (Å²) in [7, 11) is 0. The fraction of sp³-hybridized carbons (Fsp3) is 1.00. The van der Waals surface area contributed by atoms with E-state index in [9.17, 15) is 5.11 Å². The minimum absolute atomic E-state index is 0.0796. The van der Waals surface area contributed by atoms with Crippen LogP contribution >= 0.6 is 0 Å². The van der Waals surface area contributed by atoms with Crippen LogP contribution in [0.5, 0.6) is 0 Å². The highest BCUT2D eigenvalue weighted by atomic mass is 16.3. The maximum absolute atomic E-state index is 9.93. The summed E-state index contributed by atoms with van der Waals surface area (Å²) in [5, 5.41) is 9.93. The van der Waals surface area contributed by atoms with Gasteiger partial charge in [0.1, 0.15) is 0 Å². The van der Waals surface area contributed by atoms with Gasteiger partial charge in [0.05, 0.1) is 6.10 Å². The van der Waals surface area contributed by atoms with Gasteiger partial charge in [-0.15, -0.1) is 0 Å². The molecule has 0 rings (SSSR count). The highest BCUT2D eigenvalue weighted by molar-refractivity contribution is 4.65. The second-order valence-electron chi connectivity index (χ2n) is 6.07. The zero-order valence-corrected chi connectivity index (χ0v) is 12.0. The quantitative estimate of drug-likeness (QED) is 0.609. The average Bonchev–Trinajstić information content (AvgIpc) is 2.16. The normalized spacial score (nSPS) is 17.4. The first kappa shape index (κ1) is 16.0. The SMILES string of the molecule is CC[C@H](C)C[C@H](O)C[C@H](C)CCCC(C)C. The molecule has 0 fully saturated rings. The van der Waals surface area contributed by atoms with Crippen molar-refractivity contribution in [2.45, 2.75) is 79.2 Å². The molecule has 16 heavy (non-hydrogen) atoms. The first-order valence-electron chi connectivity index (χ1n) is 7.13. The Bertz CT molecular complexity index is 154. The number of aliphatic hydroxyl groups is 1. The van der Waals surface area contributed by atoms with E-state index in [1.54, 1.807) is 0 Å². The summed E-state index contributed by atoms with van der Waals surface area (Å²) in [5.74, 6) is 2.16. The van der Waals surface area contributed by atoms with E-state index >= 15 is 0 Å². The van der Waals surface area contributed by atoms with Crippen molar-refractivity contribution in [2.24, 2.45) is 17.8 Å². The Hall–Kier alpha value is -0.0400. The van der Waals surface area contributed by atoms with Crippen molar-refractivity contribution >= 4 is 0 Å². The zero-order chi connectivity index (χ0) is 12.6. The topological polar surface area (TPSA) is 20.2 Å². The van der Waals surface area contributed by atoms with Crippen molar-refractivity contribution in [3.8, 4) is 0 Å². The van der Waals surface area contributed by atoms with Gasteiger partial charge in [0.2, 0.25) is 0 Å². The van der Waals surface area contributed by atoms with Crippen molar-refractivity contribution in [2.75, 3.05) is 0 Å². The minimum atomic E-state index is -0.0796. The molecular weight excluding hydrogens is 196 g/mol. The van der Waals surface area contributed by atoms with Gasteiger partial charge in [-0.2, -0.15) is 0 Å². The van der Waals surface area contributed by atoms with Crippen LogP contribution in [0, 0.1) is 17.8 Å². The van der Waals surface area contributed by atoms with Crippen molar-refractivity contribution in [3.63, 3.8) is 0 Å². The maximum atomic E-state index is 9.93. The molecule has 0 bridgehead atoms. The summed E-state index contributed by atoms with van der Waals surface area (Å²) in [4.78, 5) is 0. The van der Waals surface area contributed by atoms with Crippen LogP contribution in [0.25, 0.3) is 0 Å². The second-order valence-corrected chi connectivity index (χ2v) is 6.07. The molecule has 0 aliphatic rings. The largest absolute Gasteiger partial charge is 0.393 e. The van der Waals surface area contributed by atoms with E-state index in [2.05, 4.69) is 34.6 Å². The highest BCUT2D eigenvalue weighted by Crippen LogP contribution is 2.20. The zero-order valence-electron chi connectivity index (χ0n) is 12.0. The van der Waals surface area contributed by atoms with Gasteiger partial charge in [-0.25, -0.2) is 0 Å². The van der Waals surface area contributed by atoms with E-state index < -0.39 is 0 Å². The Kier molecular flexibility index (Phi) is 9.02. The third-order valence-corrected chi connectivity index (χ3v) is 3.52. The van der Waals surface area contributed by atoms with Crippen LogP contribution in [0.1, 0.15) is 73.1 Å². The lowest BCUT2D eigenvalue weighted by molar-refractivity contribution is 0.116. The minimum Gasteiger partial charge on any atom is -0.393 e. The standard InChI is InChI=1S/C15H32O/c1-6-13(4)10-15(16)11-14(5)9-7-8-12(2)3/h12-16H,6-11H2,1-5H3/t13-,14+,15-/m0/s1. The van der Waals surface area contributed by atoms with Crippen LogP contribution in [0.3, 0.4) is 0 Å². The Morgan fingerprint density at radius 2 is 1.44 bits per heavy atom. The van der Waals surface area contributed by atoms with Crippen molar-refractivity contribution in [1.29, 1.82) is 0 Å². The summed E-state index contributed by atoms with van der Waals surface area (Å²) in [6, 6.07) is 0. The van der Waals surface area contributed by atoms with E-state index in [0.29, 0.717) is 11.8 Å². The van der Waals surface area contributed by atoms with Gasteiger partial charge in [0.25, 0.3) is 0 Å². The molecule has 0 saturated heterocycles. The van der Waals surface area contributed by atoms with E-state index in [4.69, 9.17) is 0 Å². The molecule has 0 radical (unpaired) electrons. The molecule has 0 aromatic carbocycles. The number of hydrogen-bond donors (Lipinski definition) is 1. The Morgan fingerprint density at radius 1 is 0.875 bits per heavy atom. The lowest BCUT2D eigenvalue weighted by atomic mass is 9.91. The van der Waals surface area contributed by atoms with Gasteiger partial charge in [0, 0.05) is 0 Å². The monoisotopic (exact) mass is 228 g/mol. The Morgan fingerprint density at radius 3 is 1.94 bits per heavy atom. The Balaban J connectivity index is 3.57. The molecule has 3 atom stereocenters. The van der Waals surface area contributed by atoms with Crippen LogP contribution in [0.15, 0.2) is 0 Å². The van der Waals surface area contributed by atoms with Gasteiger partial charge in [-0.3, -0.25) is 0 Å². The molecule has 0 amide bonds. The summed E-state index contributed by atoms with van der Waals surface area (Å²) < 4.78 is 0. The van der Waals surface area contributed by atoms with E-state index in [-0.39, 0.29) is 6.10 Å². The fourth-order valence-electron chi connectivity index (χ4n) is 2.18. The molecule has 0 aliphatic carbocycles. The molecule has 1 nitrogen and oxygen atoms in total. The molecule has 0 heterocycles. The molecular formula is C15H32O. The van der Waals surface area contributed by atoms with Gasteiger partial charge in [0.15, 0.2) is 0 Å². The van der Waals surface area contributed by atoms with E-state index in [0.717, 1.165) is 18.8 Å². The van der Waals surface area contributed by atoms with Gasteiger partial charge in [-0.05, 0) is 30.6 Å². The van der Waals surface area contributed by atoms with E-state index in [1.165, 1.54) is 25.7 Å². The molecule has 1 N–H and O–H groups in total. The van der Waals surface area contributed by atoms with Crippen LogP contribution in [-0.2, 0) is 0 Å². The lowest BCUT2D eigenvalue weighted by Gasteiger charge is -2.19. The first-order chi connectivity index (χ1) is 7.45. The predicted octanol–water partition coefficient (Wildman–Crippen LogP) is 4.64. The molecule has 0 aromatic rings. The smallest absolute Gasteiger partial charge is 0.0545 e. The fourth-order valence-corrected chi connectivity index (χ4v) is 2.18. The third kappa shape index (κ3) is 9.21. The molecule has 0 unspecified atom stereocenters. The molecule has 1 heteroatoms. The van der Waals surface area contributed by atoms with Crippen molar-refractivity contribution < 1.29 is 5.11 Å². The van der Waals surface area contributed by atoms with Crippen LogP contribution in [-0.4, -0.2) is 11.2 Å². The molecule has 98 valence electrons. The third-order valence-electron chi connectivity index (χ3n) is 3.52. The van der Waals surface area contributed by atoms with Crippen molar-refractivity contribution in [1.82, 2.24) is 0 Å². The molecule has 0 aliphatic heterocycles. The van der Waals surface area contributed by atoms with E-state index in [1.807, 2.05) is 0 Å². The maximum Gasteiger partial charge on any atom is 0.0545 e. The predicted molar refractivity (Wildman–Crippen MR) is 72.5 cm³/mol. The van der Waals surface area contributed by atoms with Gasteiger partial charge in [-0.1, -0.05) is 60.3 Å². The molecule has 0 saturated carbocycles. The Labute approximate surface area is 103 Å². The molecule has 0 aromatic heterocycles. The number of rotatable bonds is 9. The molecule has 0 spiro atoms. The highest BCUT2D eigenvalue weighted by Gasteiger charge is 2.13. The van der Waals surface area contributed by atoms with Gasteiger partial charge >= 0.3 is 0 Å². The summed E-state index contributed by atoms with van der Waals surface area (Å²) >= 11 is 0. The second kappa shape index (κ2) is 9.04. The van der Waals surface area contributed by atoms with Crippen LogP contribution in [0.2, 0.25) is 0 Å². The average molecular weight is 228 g/mol. The van der Waals surface area contributed by atoms with Gasteiger partial charge < -0.3 is 5.11 Å². The number of aliphatic hydroxyl groups excluding tert-OH is 1. The van der Waals surface area contributed by atoms with Crippen LogP contribution < -0.4 is 0 Å². The summed E-state index contributed by atoms with van der Waals surface area (Å²) in [5.41, 5.74) is 0. The summed E-state index contributed by atoms with van der Waals surface area (Å²) in [6.07, 6.45) is 6.98. The summed E-state index contributed by atoms with van der Waals surface area (Å²) in [6.45, 7) is 11.3. The van der Waals surface area contributed by atoms with Crippen LogP contribution in [0.4, 0.5) is 0 Å². The van der Waals surface area contributed by atoms with Crippen molar-refractivity contribution in [3.05, 3.63) is 0 Å². The lowest BCUT2D eigenvalue weighted by Crippen LogP contribution is -2.15.